The Balaban J connectivity index is 1.72. The summed E-state index contributed by atoms with van der Waals surface area (Å²) >= 11 is 1.55. The first-order chi connectivity index (χ1) is 17.2. The van der Waals surface area contributed by atoms with E-state index in [0.717, 1.165) is 38.6 Å². The molecule has 0 aliphatic carbocycles. The zero-order chi connectivity index (χ0) is 25.4. The number of hydrogen-bond acceptors (Lipinski definition) is 6. The Hall–Kier alpha value is -4.15. The van der Waals surface area contributed by atoms with Crippen LogP contribution in [-0.4, -0.2) is 31.8 Å². The van der Waals surface area contributed by atoms with Gasteiger partial charge in [-0.2, -0.15) is 0 Å². The van der Waals surface area contributed by atoms with E-state index in [-0.39, 0.29) is 0 Å². The van der Waals surface area contributed by atoms with Crippen LogP contribution in [0.25, 0.3) is 43.5 Å². The summed E-state index contributed by atoms with van der Waals surface area (Å²) in [4.78, 5) is 30.0. The Bertz CT molecular complexity index is 1820. The van der Waals surface area contributed by atoms with Crippen molar-refractivity contribution in [1.82, 2.24) is 9.97 Å². The van der Waals surface area contributed by atoms with E-state index >= 15 is 0 Å². The molecule has 0 unspecified atom stereocenters. The van der Waals surface area contributed by atoms with Gasteiger partial charge in [0.1, 0.15) is 5.75 Å². The molecule has 5 aromatic rings. The van der Waals surface area contributed by atoms with Gasteiger partial charge in [0.15, 0.2) is 0 Å². The van der Waals surface area contributed by atoms with Crippen LogP contribution in [0.5, 0.6) is 5.75 Å². The minimum absolute atomic E-state index is 0.327. The van der Waals surface area contributed by atoms with Crippen molar-refractivity contribution < 1.29 is 13.2 Å². The van der Waals surface area contributed by atoms with Crippen molar-refractivity contribution in [2.75, 3.05) is 18.1 Å². The molecule has 2 heterocycles. The van der Waals surface area contributed by atoms with Gasteiger partial charge in [0.2, 0.25) is 10.0 Å². The van der Waals surface area contributed by atoms with Crippen LogP contribution in [0.1, 0.15) is 0 Å². The van der Waals surface area contributed by atoms with Gasteiger partial charge in [0.25, 0.3) is 5.56 Å². The van der Waals surface area contributed by atoms with E-state index in [2.05, 4.69) is 14.7 Å². The fourth-order valence-electron chi connectivity index (χ4n) is 4.15. The van der Waals surface area contributed by atoms with E-state index in [1.165, 1.54) is 6.20 Å². The third kappa shape index (κ3) is 4.68. The van der Waals surface area contributed by atoms with Crippen molar-refractivity contribution in [2.24, 2.45) is 0 Å². The largest absolute Gasteiger partial charge is 0.495 e. The summed E-state index contributed by atoms with van der Waals surface area (Å²) in [5.74, 6) is 0.650. The SMILES string of the molecule is COc1c(-c2ccc3cc(NS(C)(=O)=O)ccc3c2)cc(-c2c[nH]c(=O)[nH]c2=O)cc1-c1cccs1. The van der Waals surface area contributed by atoms with Crippen molar-refractivity contribution in [2.45, 2.75) is 0 Å². The van der Waals surface area contributed by atoms with Crippen molar-refractivity contribution in [3.63, 3.8) is 0 Å². The fourth-order valence-corrected chi connectivity index (χ4v) is 5.44. The molecule has 8 nitrogen and oxygen atoms in total. The van der Waals surface area contributed by atoms with Crippen molar-refractivity contribution in [3.8, 4) is 38.4 Å². The molecule has 3 N–H and O–H groups in total. The number of hydrogen-bond donors (Lipinski definition) is 3. The summed E-state index contributed by atoms with van der Waals surface area (Å²) < 4.78 is 31.6. The summed E-state index contributed by atoms with van der Waals surface area (Å²) in [5, 5.41) is 3.73. The number of methoxy groups -OCH3 is 1. The number of anilines is 1. The smallest absolute Gasteiger partial charge is 0.325 e. The van der Waals surface area contributed by atoms with E-state index in [9.17, 15) is 18.0 Å². The molecule has 0 atom stereocenters. The van der Waals surface area contributed by atoms with Gasteiger partial charge in [-0.1, -0.05) is 24.3 Å². The zero-order valence-electron chi connectivity index (χ0n) is 19.3. The average molecular weight is 520 g/mol. The van der Waals surface area contributed by atoms with E-state index in [1.54, 1.807) is 30.6 Å². The predicted octanol–water partition coefficient (Wildman–Crippen LogP) is 4.66. The second-order valence-corrected chi connectivity index (χ2v) is 10.9. The van der Waals surface area contributed by atoms with Gasteiger partial charge in [-0.05, 0) is 63.7 Å². The minimum atomic E-state index is -3.39. The first-order valence-corrected chi connectivity index (χ1v) is 13.6. The number of thiophene rings is 1. The van der Waals surface area contributed by atoms with Crippen molar-refractivity contribution in [1.29, 1.82) is 0 Å². The molecule has 10 heteroatoms. The van der Waals surface area contributed by atoms with Gasteiger partial charge in [-0.25, -0.2) is 13.2 Å². The number of rotatable bonds is 6. The number of aromatic amines is 2. The summed E-state index contributed by atoms with van der Waals surface area (Å²) in [6.07, 6.45) is 2.51. The molecule has 0 aliphatic heterocycles. The van der Waals surface area contributed by atoms with Crippen LogP contribution in [-0.2, 0) is 10.0 Å². The summed E-state index contributed by atoms with van der Waals surface area (Å²) in [5.41, 5.74) is 2.81. The van der Waals surface area contributed by atoms with Gasteiger partial charge >= 0.3 is 5.69 Å². The standard InChI is InChI=1S/C26H21N3O5S2/c1-34-24-20(17-6-5-16-11-19(29-36(2,32)33)8-7-15(16)10-17)12-18(13-21(24)23-4-3-9-35-23)22-14-27-26(31)28-25(22)30/h3-14,29H,1-2H3,(H2,27,28,30,31). The number of fused-ring (bicyclic) bond motifs is 1. The molecule has 0 radical (unpaired) electrons. The molecular formula is C26H21N3O5S2. The lowest BCUT2D eigenvalue weighted by atomic mass is 9.93. The number of ether oxygens (including phenoxy) is 1. The van der Waals surface area contributed by atoms with Crippen LogP contribution in [0, 0.1) is 0 Å². The third-order valence-electron chi connectivity index (χ3n) is 5.66. The number of sulfonamides is 1. The molecule has 5 rings (SSSR count). The molecule has 36 heavy (non-hydrogen) atoms. The molecule has 3 aromatic carbocycles. The van der Waals surface area contributed by atoms with Crippen LogP contribution >= 0.6 is 11.3 Å². The summed E-state index contributed by atoms with van der Waals surface area (Å²) in [6, 6.07) is 18.8. The Kier molecular flexibility index (Phi) is 5.99. The molecule has 0 fully saturated rings. The normalized spacial score (nSPS) is 11.5. The lowest BCUT2D eigenvalue weighted by Crippen LogP contribution is -2.22. The monoisotopic (exact) mass is 519 g/mol. The maximum Gasteiger partial charge on any atom is 0.325 e. The van der Waals surface area contributed by atoms with E-state index < -0.39 is 21.3 Å². The molecule has 0 amide bonds. The van der Waals surface area contributed by atoms with Crippen molar-refractivity contribution >= 4 is 37.8 Å². The number of aromatic nitrogens is 2. The third-order valence-corrected chi connectivity index (χ3v) is 7.17. The van der Waals surface area contributed by atoms with Crippen LogP contribution in [0.15, 0.2) is 81.8 Å². The number of nitrogens with one attached hydrogen (secondary N) is 3. The number of H-pyrrole nitrogens is 2. The highest BCUT2D eigenvalue weighted by Crippen LogP contribution is 2.44. The zero-order valence-corrected chi connectivity index (χ0v) is 20.9. The Morgan fingerprint density at radius 2 is 1.64 bits per heavy atom. The molecule has 0 spiro atoms. The van der Waals surface area contributed by atoms with Gasteiger partial charge in [0, 0.05) is 27.9 Å². The second kappa shape index (κ2) is 9.14. The quantitative estimate of drug-likeness (QED) is 0.301. The molecule has 182 valence electrons. The van der Waals surface area contributed by atoms with Gasteiger partial charge in [0.05, 0.1) is 18.9 Å². The molecule has 0 saturated carbocycles. The van der Waals surface area contributed by atoms with Gasteiger partial charge in [-0.3, -0.25) is 14.5 Å². The predicted molar refractivity (Wildman–Crippen MR) is 144 cm³/mol. The Labute approximate surface area is 210 Å². The first kappa shape index (κ1) is 23.6. The lowest BCUT2D eigenvalue weighted by molar-refractivity contribution is 0.418. The molecular weight excluding hydrogens is 498 g/mol. The lowest BCUT2D eigenvalue weighted by Gasteiger charge is -2.16. The fraction of sp³-hybridized carbons (Fsp3) is 0.0769. The van der Waals surface area contributed by atoms with Gasteiger partial charge in [-0.15, -0.1) is 11.3 Å². The maximum atomic E-state index is 12.6. The number of benzene rings is 3. The average Bonchev–Trinajstić information content (AvgIpc) is 3.37. The maximum absolute atomic E-state index is 12.6. The first-order valence-electron chi connectivity index (χ1n) is 10.8. The topological polar surface area (TPSA) is 121 Å². The molecule has 0 aliphatic rings. The minimum Gasteiger partial charge on any atom is -0.495 e. The van der Waals surface area contributed by atoms with E-state index in [0.29, 0.717) is 22.6 Å². The van der Waals surface area contributed by atoms with E-state index in [4.69, 9.17) is 4.74 Å². The van der Waals surface area contributed by atoms with E-state index in [1.807, 2.05) is 53.9 Å². The highest BCUT2D eigenvalue weighted by atomic mass is 32.2. The second-order valence-electron chi connectivity index (χ2n) is 8.22. The molecule has 0 saturated heterocycles. The summed E-state index contributed by atoms with van der Waals surface area (Å²) in [6.45, 7) is 0. The van der Waals surface area contributed by atoms with Crippen LogP contribution in [0.4, 0.5) is 5.69 Å². The van der Waals surface area contributed by atoms with Gasteiger partial charge < -0.3 is 9.72 Å². The molecule has 0 bridgehead atoms. The van der Waals surface area contributed by atoms with Crippen molar-refractivity contribution in [3.05, 3.63) is 93.1 Å². The van der Waals surface area contributed by atoms with Crippen LogP contribution in [0.2, 0.25) is 0 Å². The highest BCUT2D eigenvalue weighted by Gasteiger charge is 2.18. The summed E-state index contributed by atoms with van der Waals surface area (Å²) in [7, 11) is -1.78. The Morgan fingerprint density at radius 1 is 0.889 bits per heavy atom. The highest BCUT2D eigenvalue weighted by molar-refractivity contribution is 7.92. The van der Waals surface area contributed by atoms with Crippen LogP contribution in [0.3, 0.4) is 0 Å². The Morgan fingerprint density at radius 3 is 2.33 bits per heavy atom. The van der Waals surface area contributed by atoms with Crippen LogP contribution < -0.4 is 20.7 Å². The molecule has 2 aromatic heterocycles.